The number of aromatic nitrogens is 3. The first kappa shape index (κ1) is 14.8. The molecule has 0 spiro atoms. The lowest BCUT2D eigenvalue weighted by atomic mass is 10.2. The van der Waals surface area contributed by atoms with Crippen molar-refractivity contribution in [3.05, 3.63) is 59.5 Å². The third kappa shape index (κ3) is 2.25. The van der Waals surface area contributed by atoms with Crippen LogP contribution in [0, 0.1) is 6.92 Å². The number of methoxy groups -OCH3 is 1. The summed E-state index contributed by atoms with van der Waals surface area (Å²) in [5.74, 6) is 1.44. The lowest BCUT2D eigenvalue weighted by Gasteiger charge is -2.12. The van der Waals surface area contributed by atoms with E-state index in [2.05, 4.69) is 10.3 Å². The molecule has 2 aromatic carbocycles. The Morgan fingerprint density at radius 3 is 2.79 bits per heavy atom. The summed E-state index contributed by atoms with van der Waals surface area (Å²) in [5, 5.41) is 4.03. The van der Waals surface area contributed by atoms with Gasteiger partial charge < -0.3 is 10.1 Å². The minimum atomic E-state index is 0.658. The number of fused-ring (bicyclic) bond motifs is 3. The fourth-order valence-electron chi connectivity index (χ4n) is 2.86. The molecule has 0 aliphatic carbocycles. The molecule has 0 saturated heterocycles. The SMILES string of the molecule is COc1cccc2c1nc(Nc1c(C)cccc1Cl)c1c[nH]c[n+]12. The van der Waals surface area contributed by atoms with E-state index in [9.17, 15) is 0 Å². The lowest BCUT2D eigenvalue weighted by Crippen LogP contribution is -2.22. The van der Waals surface area contributed by atoms with Crippen LogP contribution in [0.15, 0.2) is 48.9 Å². The number of anilines is 2. The number of nitrogens with one attached hydrogen (secondary N) is 2. The summed E-state index contributed by atoms with van der Waals surface area (Å²) >= 11 is 6.35. The molecule has 120 valence electrons. The van der Waals surface area contributed by atoms with Crippen LogP contribution >= 0.6 is 11.6 Å². The molecule has 0 unspecified atom stereocenters. The molecular formula is C18H16ClN4O+. The number of H-pyrrole nitrogens is 1. The van der Waals surface area contributed by atoms with Gasteiger partial charge in [0.1, 0.15) is 11.9 Å². The minimum Gasteiger partial charge on any atom is -0.494 e. The van der Waals surface area contributed by atoms with Crippen LogP contribution in [0.5, 0.6) is 5.75 Å². The Bertz CT molecular complexity index is 1040. The van der Waals surface area contributed by atoms with Gasteiger partial charge >= 0.3 is 0 Å². The topological polar surface area (TPSA) is 54.0 Å². The summed E-state index contributed by atoms with van der Waals surface area (Å²) in [7, 11) is 1.65. The Balaban J connectivity index is 1.99. The van der Waals surface area contributed by atoms with Crippen molar-refractivity contribution in [2.24, 2.45) is 0 Å². The van der Waals surface area contributed by atoms with Gasteiger partial charge in [-0.25, -0.2) is 9.97 Å². The Morgan fingerprint density at radius 2 is 2.00 bits per heavy atom. The summed E-state index contributed by atoms with van der Waals surface area (Å²) in [6.45, 7) is 2.01. The number of benzene rings is 2. The van der Waals surface area contributed by atoms with Crippen LogP contribution in [0.25, 0.3) is 16.6 Å². The second-order valence-electron chi connectivity index (χ2n) is 5.54. The predicted molar refractivity (Wildman–Crippen MR) is 95.3 cm³/mol. The van der Waals surface area contributed by atoms with Crippen LogP contribution in [0.2, 0.25) is 5.02 Å². The van der Waals surface area contributed by atoms with E-state index >= 15 is 0 Å². The maximum atomic E-state index is 6.35. The Hall–Kier alpha value is -2.79. The van der Waals surface area contributed by atoms with E-state index in [1.807, 2.05) is 60.2 Å². The highest BCUT2D eigenvalue weighted by Gasteiger charge is 2.18. The molecule has 4 aromatic rings. The van der Waals surface area contributed by atoms with Crippen molar-refractivity contribution in [2.75, 3.05) is 12.4 Å². The van der Waals surface area contributed by atoms with Crippen molar-refractivity contribution in [3.8, 4) is 5.75 Å². The quantitative estimate of drug-likeness (QED) is 0.554. The summed E-state index contributed by atoms with van der Waals surface area (Å²) < 4.78 is 7.51. The molecule has 4 rings (SSSR count). The number of halogens is 1. The highest BCUT2D eigenvalue weighted by atomic mass is 35.5. The van der Waals surface area contributed by atoms with E-state index < -0.39 is 0 Å². The molecule has 0 atom stereocenters. The number of ether oxygens (including phenoxy) is 1. The monoisotopic (exact) mass is 339 g/mol. The van der Waals surface area contributed by atoms with Crippen LogP contribution in [0.3, 0.4) is 0 Å². The number of para-hydroxylation sites is 2. The fourth-order valence-corrected chi connectivity index (χ4v) is 3.13. The van der Waals surface area contributed by atoms with Crippen molar-refractivity contribution in [1.29, 1.82) is 0 Å². The largest absolute Gasteiger partial charge is 0.494 e. The number of aryl methyl sites for hydroxylation is 1. The predicted octanol–water partition coefficient (Wildman–Crippen LogP) is 4.02. The molecule has 2 heterocycles. The molecule has 6 heteroatoms. The minimum absolute atomic E-state index is 0.658. The van der Waals surface area contributed by atoms with Crippen molar-refractivity contribution in [2.45, 2.75) is 6.92 Å². The lowest BCUT2D eigenvalue weighted by molar-refractivity contribution is -0.480. The molecular weight excluding hydrogens is 324 g/mol. The number of nitrogens with zero attached hydrogens (tertiary/aromatic N) is 2. The zero-order valence-corrected chi connectivity index (χ0v) is 14.1. The van der Waals surface area contributed by atoms with Crippen LogP contribution in [-0.2, 0) is 0 Å². The Morgan fingerprint density at radius 1 is 1.17 bits per heavy atom. The van der Waals surface area contributed by atoms with Crippen molar-refractivity contribution < 1.29 is 9.14 Å². The number of imidazole rings is 1. The maximum Gasteiger partial charge on any atom is 0.247 e. The van der Waals surface area contributed by atoms with Crippen LogP contribution in [0.4, 0.5) is 11.5 Å². The van der Waals surface area contributed by atoms with Gasteiger partial charge in [-0.2, -0.15) is 4.40 Å². The molecule has 0 aliphatic heterocycles. The third-order valence-electron chi connectivity index (χ3n) is 4.07. The zero-order chi connectivity index (χ0) is 16.7. The number of rotatable bonds is 3. The molecule has 2 N–H and O–H groups in total. The van der Waals surface area contributed by atoms with Crippen LogP contribution in [0.1, 0.15) is 5.56 Å². The van der Waals surface area contributed by atoms with E-state index in [1.54, 1.807) is 7.11 Å². The van der Waals surface area contributed by atoms with Gasteiger partial charge in [0.15, 0.2) is 16.9 Å². The molecule has 5 nitrogen and oxygen atoms in total. The molecule has 0 fully saturated rings. The van der Waals surface area contributed by atoms with Gasteiger partial charge in [-0.15, -0.1) is 0 Å². The van der Waals surface area contributed by atoms with Gasteiger partial charge in [0.05, 0.1) is 17.8 Å². The summed E-state index contributed by atoms with van der Waals surface area (Å²) in [5.41, 5.74) is 4.58. The maximum absolute atomic E-state index is 6.35. The van der Waals surface area contributed by atoms with Gasteiger partial charge in [0.2, 0.25) is 11.8 Å². The third-order valence-corrected chi connectivity index (χ3v) is 4.39. The summed E-state index contributed by atoms with van der Waals surface area (Å²) in [6.07, 6.45) is 3.80. The smallest absolute Gasteiger partial charge is 0.247 e. The molecule has 0 amide bonds. The Labute approximate surface area is 143 Å². The number of hydrogen-bond donors (Lipinski definition) is 2. The molecule has 0 radical (unpaired) electrons. The molecule has 0 aliphatic rings. The van der Waals surface area contributed by atoms with E-state index in [4.69, 9.17) is 21.3 Å². The van der Waals surface area contributed by atoms with E-state index in [0.29, 0.717) is 10.8 Å². The van der Waals surface area contributed by atoms with Gasteiger partial charge in [-0.1, -0.05) is 29.8 Å². The van der Waals surface area contributed by atoms with Crippen molar-refractivity contribution >= 4 is 39.7 Å². The highest BCUT2D eigenvalue weighted by molar-refractivity contribution is 6.33. The van der Waals surface area contributed by atoms with Gasteiger partial charge in [-0.05, 0) is 30.7 Å². The van der Waals surface area contributed by atoms with E-state index in [1.165, 1.54) is 0 Å². The highest BCUT2D eigenvalue weighted by Crippen LogP contribution is 2.31. The molecule has 0 bridgehead atoms. The molecule has 0 saturated carbocycles. The standard InChI is InChI=1S/C18H15ClN4O/c1-11-5-3-6-12(19)16(11)21-18-14-9-20-10-23(14)13-7-4-8-15(24-2)17(13)22-18/h3-10H,1-2H3,(H,21,22)/p+1. The average molecular weight is 340 g/mol. The van der Waals surface area contributed by atoms with Crippen molar-refractivity contribution in [3.63, 3.8) is 0 Å². The first-order chi connectivity index (χ1) is 11.7. The molecule has 24 heavy (non-hydrogen) atoms. The van der Waals surface area contributed by atoms with Gasteiger partial charge in [0, 0.05) is 0 Å². The number of aromatic amines is 1. The normalized spacial score (nSPS) is 11.1. The number of hydrogen-bond acceptors (Lipinski definition) is 3. The summed E-state index contributed by atoms with van der Waals surface area (Å²) in [6, 6.07) is 11.7. The fraction of sp³-hybridized carbons (Fsp3) is 0.111. The Kier molecular flexibility index (Phi) is 3.50. The second kappa shape index (κ2) is 5.69. The van der Waals surface area contributed by atoms with Crippen LogP contribution < -0.4 is 14.5 Å². The van der Waals surface area contributed by atoms with E-state index in [0.717, 1.165) is 33.6 Å². The average Bonchev–Trinajstić information content (AvgIpc) is 3.08. The van der Waals surface area contributed by atoms with E-state index in [-0.39, 0.29) is 0 Å². The van der Waals surface area contributed by atoms with Crippen LogP contribution in [-0.4, -0.2) is 17.1 Å². The van der Waals surface area contributed by atoms with Gasteiger partial charge in [-0.3, -0.25) is 0 Å². The summed E-state index contributed by atoms with van der Waals surface area (Å²) in [4.78, 5) is 7.92. The molecule has 2 aromatic heterocycles. The second-order valence-corrected chi connectivity index (χ2v) is 5.95. The zero-order valence-electron chi connectivity index (χ0n) is 13.3. The van der Waals surface area contributed by atoms with Gasteiger partial charge in [0.25, 0.3) is 0 Å². The van der Waals surface area contributed by atoms with Crippen molar-refractivity contribution in [1.82, 2.24) is 9.97 Å². The first-order valence-corrected chi connectivity index (χ1v) is 7.94. The first-order valence-electron chi connectivity index (χ1n) is 7.56.